The second kappa shape index (κ2) is 9.42. The number of rotatable bonds is 7. The van der Waals surface area contributed by atoms with E-state index in [0.29, 0.717) is 0 Å². The standard InChI is InChI=1S/C15H27NO13/c16-7-4(19)1-15(14(25)26,28-11(7)8(21)5(20)2-17)29-12-10(23)9(22)6(3-18)27-13(12)24/h4-13,17-24H,1-3,16H2,(H,25,26)/t4-,5-,6?,7-,8-,9-,10?,11?,12+,13-,15+/m1/s1. The Morgan fingerprint density at radius 2 is 1.79 bits per heavy atom. The minimum Gasteiger partial charge on any atom is -0.477 e. The average molecular weight is 429 g/mol. The van der Waals surface area contributed by atoms with Crippen molar-refractivity contribution in [3.63, 3.8) is 0 Å². The fraction of sp³-hybridized carbons (Fsp3) is 0.933. The Bertz CT molecular complexity index is 566. The van der Waals surface area contributed by atoms with Crippen molar-refractivity contribution in [1.82, 2.24) is 0 Å². The molecule has 0 spiro atoms. The molecule has 2 aliphatic rings. The van der Waals surface area contributed by atoms with E-state index in [-0.39, 0.29) is 0 Å². The molecule has 0 saturated carbocycles. The van der Waals surface area contributed by atoms with E-state index >= 15 is 0 Å². The lowest BCUT2D eigenvalue weighted by molar-refractivity contribution is -0.371. The minimum atomic E-state index is -2.78. The fourth-order valence-electron chi connectivity index (χ4n) is 3.28. The quantitative estimate of drug-likeness (QED) is 0.181. The van der Waals surface area contributed by atoms with Crippen LogP contribution in [-0.4, -0.2) is 132 Å². The summed E-state index contributed by atoms with van der Waals surface area (Å²) in [6.45, 7) is -1.68. The van der Waals surface area contributed by atoms with E-state index in [9.17, 15) is 40.5 Å². The zero-order valence-electron chi connectivity index (χ0n) is 15.1. The third-order valence-electron chi connectivity index (χ3n) is 5.04. The number of nitrogens with two attached hydrogens (primary N) is 1. The molecule has 11 atom stereocenters. The topological polar surface area (TPSA) is 253 Å². The highest BCUT2D eigenvalue weighted by Gasteiger charge is 2.58. The van der Waals surface area contributed by atoms with Crippen molar-refractivity contribution in [2.24, 2.45) is 5.73 Å². The molecule has 0 amide bonds. The molecule has 2 rings (SSSR count). The summed E-state index contributed by atoms with van der Waals surface area (Å²) >= 11 is 0. The molecule has 29 heavy (non-hydrogen) atoms. The first kappa shape index (κ1) is 24.3. The monoisotopic (exact) mass is 429 g/mol. The molecule has 14 heteroatoms. The molecule has 0 bridgehead atoms. The Balaban J connectivity index is 2.31. The van der Waals surface area contributed by atoms with Crippen molar-refractivity contribution in [1.29, 1.82) is 0 Å². The summed E-state index contributed by atoms with van der Waals surface area (Å²) in [5, 5.41) is 87.8. The van der Waals surface area contributed by atoms with E-state index in [0.717, 1.165) is 0 Å². The zero-order chi connectivity index (χ0) is 22.1. The average Bonchev–Trinajstić information content (AvgIpc) is 2.69. The number of carboxylic acids is 1. The number of aliphatic hydroxyl groups is 8. The van der Waals surface area contributed by atoms with Gasteiger partial charge >= 0.3 is 5.97 Å². The third-order valence-corrected chi connectivity index (χ3v) is 5.04. The summed E-state index contributed by atoms with van der Waals surface area (Å²) in [7, 11) is 0. The Morgan fingerprint density at radius 1 is 1.17 bits per heavy atom. The molecule has 3 unspecified atom stereocenters. The number of hydrogen-bond acceptors (Lipinski definition) is 13. The number of hydrogen-bond donors (Lipinski definition) is 10. The normalized spacial score (nSPS) is 45.6. The number of ether oxygens (including phenoxy) is 3. The summed E-state index contributed by atoms with van der Waals surface area (Å²) in [6, 6.07) is -1.39. The lowest BCUT2D eigenvalue weighted by atomic mass is 9.89. The molecule has 2 heterocycles. The number of aliphatic hydroxyl groups excluding tert-OH is 8. The van der Waals surface area contributed by atoms with Crippen LogP contribution in [0.2, 0.25) is 0 Å². The van der Waals surface area contributed by atoms with E-state index in [1.807, 2.05) is 0 Å². The van der Waals surface area contributed by atoms with E-state index in [1.165, 1.54) is 0 Å². The van der Waals surface area contributed by atoms with Gasteiger partial charge in [0.25, 0.3) is 5.79 Å². The van der Waals surface area contributed by atoms with Crippen molar-refractivity contribution in [2.75, 3.05) is 13.2 Å². The maximum absolute atomic E-state index is 11.9. The van der Waals surface area contributed by atoms with Crippen LogP contribution in [0.4, 0.5) is 0 Å². The Kier molecular flexibility index (Phi) is 7.88. The molecule has 14 nitrogen and oxygen atoms in total. The van der Waals surface area contributed by atoms with Crippen molar-refractivity contribution < 1.29 is 65.0 Å². The van der Waals surface area contributed by atoms with Gasteiger partial charge < -0.3 is 65.9 Å². The van der Waals surface area contributed by atoms with Gasteiger partial charge in [-0.1, -0.05) is 0 Å². The molecule has 2 saturated heterocycles. The molecular formula is C15H27NO13. The van der Waals surface area contributed by atoms with Gasteiger partial charge in [0.05, 0.1) is 25.4 Å². The first-order valence-electron chi connectivity index (χ1n) is 8.79. The lowest BCUT2D eigenvalue weighted by Gasteiger charge is -2.48. The summed E-state index contributed by atoms with van der Waals surface area (Å²) in [6.07, 6.45) is -16.8. The smallest absolute Gasteiger partial charge is 0.364 e. The maximum atomic E-state index is 11.9. The van der Waals surface area contributed by atoms with Crippen LogP contribution in [0.3, 0.4) is 0 Å². The Hall–Kier alpha value is -1.01. The summed E-state index contributed by atoms with van der Waals surface area (Å²) in [5.74, 6) is -4.62. The first-order chi connectivity index (χ1) is 13.5. The zero-order valence-corrected chi connectivity index (χ0v) is 15.1. The van der Waals surface area contributed by atoms with Gasteiger partial charge in [0.1, 0.15) is 42.7 Å². The van der Waals surface area contributed by atoms with Crippen molar-refractivity contribution >= 4 is 5.97 Å². The van der Waals surface area contributed by atoms with Gasteiger partial charge in [-0.2, -0.15) is 0 Å². The fourth-order valence-corrected chi connectivity index (χ4v) is 3.28. The molecule has 2 fully saturated rings. The highest BCUT2D eigenvalue weighted by atomic mass is 16.8. The molecule has 11 N–H and O–H groups in total. The SMILES string of the molecule is N[C@H]1C([C@H](O)[C@H](O)CO)O[C@@](O[C@H]2C(O)[C@H](O)C(CO)O[C@H]2O)(C(=O)O)C[C@H]1O. The van der Waals surface area contributed by atoms with E-state index in [4.69, 9.17) is 30.2 Å². The Labute approximate surface area is 164 Å². The summed E-state index contributed by atoms with van der Waals surface area (Å²) in [5.41, 5.74) is 5.72. The van der Waals surface area contributed by atoms with Crippen LogP contribution in [0.1, 0.15) is 6.42 Å². The second-order valence-electron chi connectivity index (χ2n) is 7.04. The molecule has 0 aliphatic carbocycles. The Morgan fingerprint density at radius 3 is 2.31 bits per heavy atom. The van der Waals surface area contributed by atoms with Gasteiger partial charge in [-0.05, 0) is 0 Å². The largest absolute Gasteiger partial charge is 0.477 e. The van der Waals surface area contributed by atoms with Gasteiger partial charge in [0.2, 0.25) is 0 Å². The predicted octanol–water partition coefficient (Wildman–Crippen LogP) is -6.22. The van der Waals surface area contributed by atoms with E-state index in [2.05, 4.69) is 0 Å². The van der Waals surface area contributed by atoms with Crippen molar-refractivity contribution in [3.05, 3.63) is 0 Å². The van der Waals surface area contributed by atoms with Crippen molar-refractivity contribution in [2.45, 2.75) is 73.4 Å². The summed E-state index contributed by atoms with van der Waals surface area (Å²) in [4.78, 5) is 11.9. The molecule has 2 aliphatic heterocycles. The minimum absolute atomic E-state index is 0.760. The molecule has 0 radical (unpaired) electrons. The number of carboxylic acid groups (broad SMARTS) is 1. The van der Waals surface area contributed by atoms with Crippen LogP contribution >= 0.6 is 0 Å². The lowest BCUT2D eigenvalue weighted by Crippen LogP contribution is -2.69. The van der Waals surface area contributed by atoms with Crippen LogP contribution in [-0.2, 0) is 19.0 Å². The molecule has 0 aromatic rings. The van der Waals surface area contributed by atoms with Gasteiger partial charge in [0.15, 0.2) is 6.29 Å². The van der Waals surface area contributed by atoms with Crippen LogP contribution < -0.4 is 5.73 Å². The highest BCUT2D eigenvalue weighted by molar-refractivity contribution is 5.76. The molecule has 170 valence electrons. The summed E-state index contributed by atoms with van der Waals surface area (Å²) < 4.78 is 15.4. The van der Waals surface area contributed by atoms with E-state index < -0.39 is 92.6 Å². The molecular weight excluding hydrogens is 402 g/mol. The van der Waals surface area contributed by atoms with Crippen LogP contribution in [0.25, 0.3) is 0 Å². The maximum Gasteiger partial charge on any atom is 0.364 e. The first-order valence-corrected chi connectivity index (χ1v) is 8.79. The highest BCUT2D eigenvalue weighted by Crippen LogP contribution is 2.36. The second-order valence-corrected chi connectivity index (χ2v) is 7.04. The van der Waals surface area contributed by atoms with Gasteiger partial charge in [-0.25, -0.2) is 4.79 Å². The van der Waals surface area contributed by atoms with Crippen LogP contribution in [0.5, 0.6) is 0 Å². The number of aliphatic carboxylic acids is 1. The molecule has 0 aromatic carbocycles. The van der Waals surface area contributed by atoms with Crippen LogP contribution in [0.15, 0.2) is 0 Å². The molecule has 0 aromatic heterocycles. The number of carbonyl (C=O) groups is 1. The van der Waals surface area contributed by atoms with E-state index in [1.54, 1.807) is 0 Å². The van der Waals surface area contributed by atoms with Gasteiger partial charge in [0, 0.05) is 6.42 Å². The van der Waals surface area contributed by atoms with Crippen molar-refractivity contribution in [3.8, 4) is 0 Å². The van der Waals surface area contributed by atoms with Gasteiger partial charge in [-0.3, -0.25) is 0 Å². The van der Waals surface area contributed by atoms with Crippen LogP contribution in [0, 0.1) is 0 Å². The predicted molar refractivity (Wildman–Crippen MR) is 87.8 cm³/mol. The third kappa shape index (κ3) is 4.68. The van der Waals surface area contributed by atoms with Gasteiger partial charge in [-0.15, -0.1) is 0 Å².